The molecule has 10 heteroatoms. The minimum Gasteiger partial charge on any atom is -0.325 e. The van der Waals surface area contributed by atoms with Crippen LogP contribution in [0.1, 0.15) is 10.8 Å². The van der Waals surface area contributed by atoms with Crippen LogP contribution in [0.3, 0.4) is 0 Å². The zero-order valence-corrected chi connectivity index (χ0v) is 16.0. The second kappa shape index (κ2) is 8.38. The van der Waals surface area contributed by atoms with Crippen molar-refractivity contribution in [3.05, 3.63) is 82.8 Å². The highest BCUT2D eigenvalue weighted by Gasteiger charge is 2.23. The summed E-state index contributed by atoms with van der Waals surface area (Å²) in [4.78, 5) is 31.0. The summed E-state index contributed by atoms with van der Waals surface area (Å²) >= 11 is 1.10. The van der Waals surface area contributed by atoms with Crippen molar-refractivity contribution in [3.63, 3.8) is 0 Å². The fourth-order valence-electron chi connectivity index (χ4n) is 2.36. The van der Waals surface area contributed by atoms with Crippen molar-refractivity contribution in [1.82, 2.24) is 9.97 Å². The maximum absolute atomic E-state index is 12.9. The molecule has 1 heterocycles. The molecule has 0 saturated heterocycles. The summed E-state index contributed by atoms with van der Waals surface area (Å²) in [6, 6.07) is 15.8. The van der Waals surface area contributed by atoms with Gasteiger partial charge in [-0.2, -0.15) is 0 Å². The van der Waals surface area contributed by atoms with E-state index >= 15 is 0 Å². The van der Waals surface area contributed by atoms with E-state index in [0.29, 0.717) is 10.8 Å². The van der Waals surface area contributed by atoms with Gasteiger partial charge in [-0.3, -0.25) is 9.59 Å². The number of hydrogen-bond donors (Lipinski definition) is 3. The number of hydrogen-bond acceptors (Lipinski definition) is 6. The molecule has 3 aromatic rings. The Morgan fingerprint density at radius 2 is 1.75 bits per heavy atom. The van der Waals surface area contributed by atoms with Crippen LogP contribution in [0.2, 0.25) is 0 Å². The molecular formula is C18H16N4O4S2. The van der Waals surface area contributed by atoms with Crippen LogP contribution in [0, 0.1) is 0 Å². The summed E-state index contributed by atoms with van der Waals surface area (Å²) in [6.07, 6.45) is 1.37. The topological polar surface area (TPSA) is 135 Å². The highest BCUT2D eigenvalue weighted by Crippen LogP contribution is 2.34. The molecule has 144 valence electrons. The van der Waals surface area contributed by atoms with E-state index in [1.807, 2.05) is 6.07 Å². The van der Waals surface area contributed by atoms with Gasteiger partial charge < -0.3 is 10.3 Å². The number of benzene rings is 2. The van der Waals surface area contributed by atoms with Gasteiger partial charge in [0.15, 0.2) is 5.16 Å². The lowest BCUT2D eigenvalue weighted by atomic mass is 10.1. The number of thioether (sulfide) groups is 1. The molecule has 1 unspecified atom stereocenters. The summed E-state index contributed by atoms with van der Waals surface area (Å²) in [6.45, 7) is 0. The monoisotopic (exact) mass is 416 g/mol. The Bertz CT molecular complexity index is 1130. The van der Waals surface area contributed by atoms with E-state index in [9.17, 15) is 18.0 Å². The number of rotatable bonds is 6. The maximum Gasteiger partial charge on any atom is 0.251 e. The lowest BCUT2D eigenvalue weighted by Crippen LogP contribution is -2.20. The Labute approximate surface area is 165 Å². The van der Waals surface area contributed by atoms with Gasteiger partial charge in [0, 0.05) is 18.0 Å². The second-order valence-corrected chi connectivity index (χ2v) is 8.36. The number of primary sulfonamides is 1. The number of nitrogens with zero attached hydrogens (tertiary/aromatic N) is 1. The van der Waals surface area contributed by atoms with Crippen molar-refractivity contribution < 1.29 is 13.2 Å². The number of H-pyrrole nitrogens is 1. The molecule has 0 saturated carbocycles. The van der Waals surface area contributed by atoms with Crippen LogP contribution < -0.4 is 16.0 Å². The van der Waals surface area contributed by atoms with Gasteiger partial charge in [0.05, 0.1) is 4.90 Å². The van der Waals surface area contributed by atoms with Gasteiger partial charge in [-0.1, -0.05) is 42.1 Å². The molecule has 4 N–H and O–H groups in total. The number of nitrogens with two attached hydrogens (primary N) is 1. The third-order valence-electron chi connectivity index (χ3n) is 3.67. The Hall–Kier alpha value is -2.95. The number of aromatic amines is 1. The molecule has 0 fully saturated rings. The fourth-order valence-corrected chi connectivity index (χ4v) is 3.84. The van der Waals surface area contributed by atoms with Gasteiger partial charge in [-0.25, -0.2) is 18.5 Å². The minimum absolute atomic E-state index is 0.0504. The van der Waals surface area contributed by atoms with Crippen molar-refractivity contribution >= 4 is 33.4 Å². The van der Waals surface area contributed by atoms with Crippen molar-refractivity contribution in [1.29, 1.82) is 0 Å². The van der Waals surface area contributed by atoms with Gasteiger partial charge in [-0.05, 0) is 29.8 Å². The van der Waals surface area contributed by atoms with Gasteiger partial charge in [0.2, 0.25) is 15.9 Å². The van der Waals surface area contributed by atoms with Crippen LogP contribution in [0.4, 0.5) is 5.69 Å². The summed E-state index contributed by atoms with van der Waals surface area (Å²) in [7, 11) is -3.81. The highest BCUT2D eigenvalue weighted by molar-refractivity contribution is 8.00. The van der Waals surface area contributed by atoms with E-state index in [-0.39, 0.29) is 16.4 Å². The van der Waals surface area contributed by atoms with Crippen molar-refractivity contribution in [2.45, 2.75) is 15.3 Å². The standard InChI is InChI=1S/C18H16N4O4S2/c19-28(25,26)14-8-6-13(7-9-14)21-17(24)16(12-4-2-1-3-5-12)27-18-20-11-10-15(23)22-18/h1-11,16H,(H,21,24)(H2,19,25,26)(H,20,22,23). The quantitative estimate of drug-likeness (QED) is 0.415. The molecular weight excluding hydrogens is 400 g/mol. The van der Waals surface area contributed by atoms with Crippen molar-refractivity contribution in [2.24, 2.45) is 5.14 Å². The zero-order chi connectivity index (χ0) is 20.1. The Morgan fingerprint density at radius 3 is 2.36 bits per heavy atom. The van der Waals surface area contributed by atoms with Crippen LogP contribution in [-0.4, -0.2) is 24.3 Å². The third-order valence-corrected chi connectivity index (χ3v) is 5.75. The lowest BCUT2D eigenvalue weighted by molar-refractivity contribution is -0.115. The highest BCUT2D eigenvalue weighted by atomic mass is 32.2. The average Bonchev–Trinajstić information content (AvgIpc) is 2.66. The summed E-state index contributed by atoms with van der Waals surface area (Å²) < 4.78 is 22.7. The number of nitrogens with one attached hydrogen (secondary N) is 2. The van der Waals surface area contributed by atoms with Crippen LogP contribution in [-0.2, 0) is 14.8 Å². The molecule has 2 aromatic carbocycles. The average molecular weight is 416 g/mol. The van der Waals surface area contributed by atoms with Crippen LogP contribution >= 0.6 is 11.8 Å². The second-order valence-electron chi connectivity index (χ2n) is 5.71. The normalized spacial score (nSPS) is 12.3. The first-order valence-corrected chi connectivity index (χ1v) is 10.5. The molecule has 0 aliphatic rings. The fraction of sp³-hybridized carbons (Fsp3) is 0.0556. The van der Waals surface area contributed by atoms with E-state index in [2.05, 4.69) is 15.3 Å². The molecule has 3 rings (SSSR count). The molecule has 0 aliphatic heterocycles. The van der Waals surface area contributed by atoms with Crippen molar-refractivity contribution in [3.8, 4) is 0 Å². The Balaban J connectivity index is 1.85. The molecule has 0 spiro atoms. The summed E-state index contributed by atoms with van der Waals surface area (Å²) in [5.74, 6) is -0.356. The summed E-state index contributed by atoms with van der Waals surface area (Å²) in [5, 5.41) is 7.43. The molecule has 0 bridgehead atoms. The molecule has 1 amide bonds. The van der Waals surface area contributed by atoms with E-state index in [0.717, 1.165) is 17.3 Å². The predicted octanol–water partition coefficient (Wildman–Crippen LogP) is 1.89. The van der Waals surface area contributed by atoms with E-state index in [1.165, 1.54) is 36.5 Å². The van der Waals surface area contributed by atoms with Gasteiger partial charge >= 0.3 is 0 Å². The van der Waals surface area contributed by atoms with E-state index in [4.69, 9.17) is 5.14 Å². The Morgan fingerprint density at radius 1 is 1.07 bits per heavy atom. The Kier molecular flexibility index (Phi) is 5.93. The van der Waals surface area contributed by atoms with Crippen LogP contribution in [0.5, 0.6) is 0 Å². The molecule has 8 nitrogen and oxygen atoms in total. The number of sulfonamides is 1. The first-order chi connectivity index (χ1) is 13.3. The van der Waals surface area contributed by atoms with Crippen molar-refractivity contribution in [2.75, 3.05) is 5.32 Å². The first-order valence-electron chi connectivity index (χ1n) is 8.03. The predicted molar refractivity (Wildman–Crippen MR) is 106 cm³/mol. The minimum atomic E-state index is -3.81. The maximum atomic E-state index is 12.9. The molecule has 0 radical (unpaired) electrons. The zero-order valence-electron chi connectivity index (χ0n) is 14.4. The lowest BCUT2D eigenvalue weighted by Gasteiger charge is -2.16. The smallest absolute Gasteiger partial charge is 0.251 e. The molecule has 28 heavy (non-hydrogen) atoms. The molecule has 0 aliphatic carbocycles. The van der Waals surface area contributed by atoms with Crippen LogP contribution in [0.15, 0.2) is 81.7 Å². The van der Waals surface area contributed by atoms with Gasteiger partial charge in [-0.15, -0.1) is 0 Å². The number of aromatic nitrogens is 2. The van der Waals surface area contributed by atoms with Gasteiger partial charge in [0.25, 0.3) is 5.56 Å². The number of amides is 1. The largest absolute Gasteiger partial charge is 0.325 e. The number of carbonyl (C=O) groups is 1. The molecule has 1 atom stereocenters. The van der Waals surface area contributed by atoms with E-state index < -0.39 is 15.3 Å². The van der Waals surface area contributed by atoms with E-state index in [1.54, 1.807) is 24.3 Å². The summed E-state index contributed by atoms with van der Waals surface area (Å²) in [5.41, 5.74) is 0.814. The van der Waals surface area contributed by atoms with Crippen LogP contribution in [0.25, 0.3) is 0 Å². The first kappa shape index (κ1) is 19.8. The number of anilines is 1. The third kappa shape index (κ3) is 5.06. The SMILES string of the molecule is NS(=O)(=O)c1ccc(NC(=O)C(Sc2nccc(=O)[nH]2)c2ccccc2)cc1. The number of carbonyl (C=O) groups excluding carboxylic acids is 1. The molecule has 1 aromatic heterocycles. The van der Waals surface area contributed by atoms with Gasteiger partial charge in [0.1, 0.15) is 5.25 Å².